The summed E-state index contributed by atoms with van der Waals surface area (Å²) in [6.07, 6.45) is 4.46. The lowest BCUT2D eigenvalue weighted by atomic mass is 10.2. The first-order valence-corrected chi connectivity index (χ1v) is 6.37. The highest BCUT2D eigenvalue weighted by Gasteiger charge is 2.17. The number of likely N-dealkylation sites (tertiary alicyclic amines) is 1. The molecule has 1 unspecified atom stereocenters. The van der Waals surface area contributed by atoms with Crippen molar-refractivity contribution in [2.75, 3.05) is 30.7 Å². The highest BCUT2D eigenvalue weighted by molar-refractivity contribution is 5.64. The first-order valence-electron chi connectivity index (χ1n) is 6.37. The predicted molar refractivity (Wildman–Crippen MR) is 72.1 cm³/mol. The summed E-state index contributed by atoms with van der Waals surface area (Å²) in [5.74, 6) is 0.816. The van der Waals surface area contributed by atoms with Crippen LogP contribution >= 0.6 is 0 Å². The summed E-state index contributed by atoms with van der Waals surface area (Å²) in [7, 11) is 0. The van der Waals surface area contributed by atoms with Gasteiger partial charge in [-0.1, -0.05) is 0 Å². The van der Waals surface area contributed by atoms with Gasteiger partial charge in [0, 0.05) is 18.8 Å². The third kappa shape index (κ3) is 2.88. The van der Waals surface area contributed by atoms with Crippen LogP contribution in [-0.2, 0) is 0 Å². The Morgan fingerprint density at radius 3 is 2.88 bits per heavy atom. The van der Waals surface area contributed by atoms with Gasteiger partial charge in [0.15, 0.2) is 0 Å². The number of nitrogens with one attached hydrogen (secondary N) is 1. The number of nitrogen functional groups attached to an aromatic ring is 1. The maximum atomic E-state index is 5.98. The van der Waals surface area contributed by atoms with Gasteiger partial charge in [0.25, 0.3) is 0 Å². The molecule has 0 spiro atoms. The van der Waals surface area contributed by atoms with Gasteiger partial charge < -0.3 is 11.1 Å². The topological polar surface area (TPSA) is 54.2 Å². The van der Waals surface area contributed by atoms with E-state index in [1.165, 1.54) is 25.9 Å². The van der Waals surface area contributed by atoms with Gasteiger partial charge in [0.2, 0.25) is 0 Å². The summed E-state index contributed by atoms with van der Waals surface area (Å²) in [4.78, 5) is 6.80. The molecule has 0 radical (unpaired) electrons. The number of hydrogen-bond donors (Lipinski definition) is 2. The summed E-state index contributed by atoms with van der Waals surface area (Å²) >= 11 is 0. The number of anilines is 2. The van der Waals surface area contributed by atoms with E-state index in [1.54, 1.807) is 6.20 Å². The summed E-state index contributed by atoms with van der Waals surface area (Å²) in [6, 6.07) is 2.48. The molecule has 0 aromatic carbocycles. The highest BCUT2D eigenvalue weighted by atomic mass is 15.2. The first-order chi connectivity index (χ1) is 8.18. The van der Waals surface area contributed by atoms with Gasteiger partial charge in [-0.15, -0.1) is 0 Å². The Bertz CT molecular complexity index is 372. The van der Waals surface area contributed by atoms with Crippen molar-refractivity contribution in [2.24, 2.45) is 0 Å². The van der Waals surface area contributed by atoms with Gasteiger partial charge in [-0.25, -0.2) is 4.98 Å². The minimum Gasteiger partial charge on any atom is -0.396 e. The fraction of sp³-hybridized carbons (Fsp3) is 0.615. The van der Waals surface area contributed by atoms with Crippen molar-refractivity contribution >= 4 is 11.5 Å². The zero-order valence-electron chi connectivity index (χ0n) is 10.7. The SMILES string of the molecule is Cc1ccnc(NCC(C)N2CCCC2)c1N. The normalized spacial score (nSPS) is 18.2. The van der Waals surface area contributed by atoms with Crippen molar-refractivity contribution in [2.45, 2.75) is 32.7 Å². The number of pyridine rings is 1. The Morgan fingerprint density at radius 2 is 2.18 bits per heavy atom. The lowest BCUT2D eigenvalue weighted by Crippen LogP contribution is -2.35. The summed E-state index contributed by atoms with van der Waals surface area (Å²) in [5.41, 5.74) is 7.83. The quantitative estimate of drug-likeness (QED) is 0.835. The molecule has 1 saturated heterocycles. The summed E-state index contributed by atoms with van der Waals surface area (Å²) < 4.78 is 0. The number of aryl methyl sites for hydroxylation is 1. The van der Waals surface area contributed by atoms with E-state index in [2.05, 4.69) is 22.1 Å². The predicted octanol–water partition coefficient (Wildman–Crippen LogP) is 1.87. The average molecular weight is 234 g/mol. The number of rotatable bonds is 4. The van der Waals surface area contributed by atoms with Crippen LogP contribution in [-0.4, -0.2) is 35.6 Å². The van der Waals surface area contributed by atoms with Gasteiger partial charge in [-0.2, -0.15) is 0 Å². The Morgan fingerprint density at radius 1 is 1.47 bits per heavy atom. The maximum absolute atomic E-state index is 5.98. The fourth-order valence-corrected chi connectivity index (χ4v) is 2.27. The van der Waals surface area contributed by atoms with Crippen molar-refractivity contribution < 1.29 is 0 Å². The van der Waals surface area contributed by atoms with Crippen molar-refractivity contribution in [3.8, 4) is 0 Å². The molecule has 0 bridgehead atoms. The molecule has 1 aliphatic heterocycles. The van der Waals surface area contributed by atoms with Crippen LogP contribution in [0.1, 0.15) is 25.3 Å². The molecule has 0 aliphatic carbocycles. The molecular formula is C13H22N4. The van der Waals surface area contributed by atoms with Crippen LogP contribution in [0.25, 0.3) is 0 Å². The van der Waals surface area contributed by atoms with Crippen LogP contribution in [0.15, 0.2) is 12.3 Å². The molecule has 1 atom stereocenters. The molecule has 0 saturated carbocycles. The highest BCUT2D eigenvalue weighted by Crippen LogP contribution is 2.19. The third-order valence-electron chi connectivity index (χ3n) is 3.54. The number of aromatic nitrogens is 1. The van der Waals surface area contributed by atoms with E-state index in [9.17, 15) is 0 Å². The van der Waals surface area contributed by atoms with E-state index in [0.717, 1.165) is 23.6 Å². The van der Waals surface area contributed by atoms with Gasteiger partial charge >= 0.3 is 0 Å². The smallest absolute Gasteiger partial charge is 0.149 e. The van der Waals surface area contributed by atoms with Crippen molar-refractivity contribution in [1.29, 1.82) is 0 Å². The molecule has 2 rings (SSSR count). The zero-order valence-corrected chi connectivity index (χ0v) is 10.7. The van der Waals surface area contributed by atoms with Crippen molar-refractivity contribution in [3.05, 3.63) is 17.8 Å². The minimum absolute atomic E-state index is 0.541. The summed E-state index contributed by atoms with van der Waals surface area (Å²) in [6.45, 7) is 7.61. The molecule has 3 N–H and O–H groups in total. The standard InChI is InChI=1S/C13H22N4/c1-10-5-6-15-13(12(10)14)16-9-11(2)17-7-3-4-8-17/h5-6,11H,3-4,7-9,14H2,1-2H3,(H,15,16). The molecule has 94 valence electrons. The fourth-order valence-electron chi connectivity index (χ4n) is 2.27. The van der Waals surface area contributed by atoms with E-state index in [0.29, 0.717) is 6.04 Å². The second-order valence-corrected chi connectivity index (χ2v) is 4.86. The van der Waals surface area contributed by atoms with E-state index in [-0.39, 0.29) is 0 Å². The maximum Gasteiger partial charge on any atom is 0.149 e. The average Bonchev–Trinajstić information content (AvgIpc) is 2.84. The first kappa shape index (κ1) is 12.2. The lowest BCUT2D eigenvalue weighted by molar-refractivity contribution is 0.269. The summed E-state index contributed by atoms with van der Waals surface area (Å²) in [5, 5.41) is 3.35. The minimum atomic E-state index is 0.541. The Labute approximate surface area is 103 Å². The van der Waals surface area contributed by atoms with Gasteiger partial charge in [0.05, 0.1) is 5.69 Å². The Balaban J connectivity index is 1.90. The lowest BCUT2D eigenvalue weighted by Gasteiger charge is -2.24. The van der Waals surface area contributed by atoms with E-state index in [4.69, 9.17) is 5.73 Å². The Hall–Kier alpha value is -1.29. The van der Waals surface area contributed by atoms with Crippen LogP contribution in [0, 0.1) is 6.92 Å². The van der Waals surface area contributed by atoms with Crippen molar-refractivity contribution in [1.82, 2.24) is 9.88 Å². The van der Waals surface area contributed by atoms with Crippen LogP contribution in [0.5, 0.6) is 0 Å². The molecule has 1 aliphatic rings. The molecule has 4 heteroatoms. The van der Waals surface area contributed by atoms with Crippen LogP contribution in [0.3, 0.4) is 0 Å². The van der Waals surface area contributed by atoms with Gasteiger partial charge in [0.1, 0.15) is 5.82 Å². The van der Waals surface area contributed by atoms with Crippen molar-refractivity contribution in [3.63, 3.8) is 0 Å². The van der Waals surface area contributed by atoms with Crippen LogP contribution in [0.2, 0.25) is 0 Å². The molecule has 1 aromatic rings. The molecule has 1 fully saturated rings. The second-order valence-electron chi connectivity index (χ2n) is 4.86. The third-order valence-corrected chi connectivity index (χ3v) is 3.54. The van der Waals surface area contributed by atoms with Gasteiger partial charge in [-0.05, 0) is 51.4 Å². The van der Waals surface area contributed by atoms with E-state index >= 15 is 0 Å². The van der Waals surface area contributed by atoms with E-state index < -0.39 is 0 Å². The second kappa shape index (κ2) is 5.36. The molecule has 0 amide bonds. The monoisotopic (exact) mass is 234 g/mol. The molecule has 2 heterocycles. The van der Waals surface area contributed by atoms with Gasteiger partial charge in [-0.3, -0.25) is 4.90 Å². The molecule has 4 nitrogen and oxygen atoms in total. The molecule has 17 heavy (non-hydrogen) atoms. The number of nitrogens with two attached hydrogens (primary N) is 1. The van der Waals surface area contributed by atoms with E-state index in [1.807, 2.05) is 13.0 Å². The molecule has 1 aromatic heterocycles. The Kier molecular flexibility index (Phi) is 3.84. The number of nitrogens with zero attached hydrogens (tertiary/aromatic N) is 2. The zero-order chi connectivity index (χ0) is 12.3. The molecular weight excluding hydrogens is 212 g/mol. The van der Waals surface area contributed by atoms with Crippen LogP contribution in [0.4, 0.5) is 11.5 Å². The number of hydrogen-bond acceptors (Lipinski definition) is 4. The largest absolute Gasteiger partial charge is 0.396 e. The van der Waals surface area contributed by atoms with Crippen LogP contribution < -0.4 is 11.1 Å².